The van der Waals surface area contributed by atoms with Crippen LogP contribution in [0.2, 0.25) is 0 Å². The van der Waals surface area contributed by atoms with Crippen molar-refractivity contribution in [2.45, 2.75) is 38.3 Å². The maximum absolute atomic E-state index is 14.1. The molecule has 4 heterocycles. The van der Waals surface area contributed by atoms with Crippen LogP contribution in [0.4, 0.5) is 10.5 Å². The Balaban J connectivity index is 1.35. The molecule has 2 amide bonds. The van der Waals surface area contributed by atoms with Gasteiger partial charge in [0.2, 0.25) is 6.79 Å². The zero-order chi connectivity index (χ0) is 24.9. The van der Waals surface area contributed by atoms with Crippen LogP contribution in [0.5, 0.6) is 17.2 Å². The third kappa shape index (κ3) is 3.74. The van der Waals surface area contributed by atoms with Gasteiger partial charge in [-0.3, -0.25) is 0 Å². The second-order valence-electron chi connectivity index (χ2n) is 9.60. The molecule has 0 bridgehead atoms. The van der Waals surface area contributed by atoms with Crippen LogP contribution in [0.25, 0.3) is 5.00 Å². The number of anilines is 1. The molecule has 1 atom stereocenters. The largest absolute Gasteiger partial charge is 0.497 e. The van der Waals surface area contributed by atoms with Gasteiger partial charge in [-0.15, -0.1) is 11.3 Å². The molecular weight excluding hydrogens is 486 g/mol. The zero-order valence-corrected chi connectivity index (χ0v) is 21.3. The molecule has 1 N–H and O–H groups in total. The van der Waals surface area contributed by atoms with E-state index in [1.54, 1.807) is 7.11 Å². The van der Waals surface area contributed by atoms with Gasteiger partial charge in [-0.05, 0) is 73.2 Å². The molecule has 8 heteroatoms. The Morgan fingerprint density at radius 1 is 1.03 bits per heavy atom. The summed E-state index contributed by atoms with van der Waals surface area (Å²) in [6.45, 7) is 0.723. The van der Waals surface area contributed by atoms with E-state index in [4.69, 9.17) is 14.2 Å². The van der Waals surface area contributed by atoms with Crippen LogP contribution in [-0.4, -0.2) is 29.4 Å². The molecule has 0 radical (unpaired) electrons. The van der Waals surface area contributed by atoms with Gasteiger partial charge in [-0.2, -0.15) is 0 Å². The van der Waals surface area contributed by atoms with Gasteiger partial charge in [0.25, 0.3) is 0 Å². The lowest BCUT2D eigenvalue weighted by Gasteiger charge is -2.31. The first-order chi connectivity index (χ1) is 18.2. The molecule has 0 fully saturated rings. The Hall–Kier alpha value is -3.91. The number of nitrogens with zero attached hydrogens (tertiary/aromatic N) is 2. The summed E-state index contributed by atoms with van der Waals surface area (Å²) in [5.41, 5.74) is 5.43. The fourth-order valence-electron chi connectivity index (χ4n) is 5.72. The molecule has 3 aliphatic rings. The van der Waals surface area contributed by atoms with E-state index in [1.807, 2.05) is 52.6 Å². The first-order valence-corrected chi connectivity index (χ1v) is 13.4. The maximum Gasteiger partial charge on any atom is 0.322 e. The number of hydrogen-bond donors (Lipinski definition) is 1. The first-order valence-electron chi connectivity index (χ1n) is 12.6. The van der Waals surface area contributed by atoms with Crippen LogP contribution >= 0.6 is 11.3 Å². The van der Waals surface area contributed by atoms with Crippen molar-refractivity contribution in [3.05, 3.63) is 88.1 Å². The Morgan fingerprint density at radius 2 is 1.92 bits per heavy atom. The van der Waals surface area contributed by atoms with Crippen LogP contribution in [0.3, 0.4) is 0 Å². The minimum absolute atomic E-state index is 0.164. The lowest BCUT2D eigenvalue weighted by molar-refractivity contribution is 0.174. The van der Waals surface area contributed by atoms with E-state index in [0.717, 1.165) is 29.8 Å². The predicted molar refractivity (Wildman–Crippen MR) is 142 cm³/mol. The highest BCUT2D eigenvalue weighted by Crippen LogP contribution is 2.44. The zero-order valence-electron chi connectivity index (χ0n) is 20.5. The molecule has 2 aliphatic heterocycles. The molecule has 188 valence electrons. The van der Waals surface area contributed by atoms with E-state index in [2.05, 4.69) is 34.3 Å². The Kier molecular flexibility index (Phi) is 5.35. The number of aryl methyl sites for hydroxylation is 1. The lowest BCUT2D eigenvalue weighted by atomic mass is 9.95. The van der Waals surface area contributed by atoms with E-state index in [-0.39, 0.29) is 18.9 Å². The number of methoxy groups -OCH3 is 1. The minimum Gasteiger partial charge on any atom is -0.497 e. The molecule has 2 aromatic heterocycles. The average molecular weight is 514 g/mol. The van der Waals surface area contributed by atoms with Crippen molar-refractivity contribution in [1.29, 1.82) is 0 Å². The summed E-state index contributed by atoms with van der Waals surface area (Å²) in [4.78, 5) is 17.5. The minimum atomic E-state index is -0.294. The number of ether oxygens (including phenoxy) is 3. The first kappa shape index (κ1) is 22.3. The molecule has 0 spiro atoms. The Labute approximate surface area is 219 Å². The van der Waals surface area contributed by atoms with Crippen molar-refractivity contribution in [3.63, 3.8) is 0 Å². The van der Waals surface area contributed by atoms with Crippen molar-refractivity contribution < 1.29 is 19.0 Å². The molecule has 4 aromatic rings. The molecule has 7 nitrogen and oxygen atoms in total. The number of fused-ring (bicyclic) bond motifs is 6. The highest BCUT2D eigenvalue weighted by Gasteiger charge is 2.36. The molecule has 0 saturated carbocycles. The fraction of sp³-hybridized carbons (Fsp3) is 0.276. The monoisotopic (exact) mass is 513 g/mol. The van der Waals surface area contributed by atoms with Crippen molar-refractivity contribution >= 4 is 23.1 Å². The van der Waals surface area contributed by atoms with Gasteiger partial charge in [0.05, 0.1) is 25.4 Å². The predicted octanol–water partition coefficient (Wildman–Crippen LogP) is 6.29. The summed E-state index contributed by atoms with van der Waals surface area (Å²) in [5, 5.41) is 4.37. The average Bonchev–Trinajstić information content (AvgIpc) is 3.65. The summed E-state index contributed by atoms with van der Waals surface area (Å²) >= 11 is 1.88. The summed E-state index contributed by atoms with van der Waals surface area (Å²) in [6.07, 6.45) is 6.73. The van der Waals surface area contributed by atoms with Crippen LogP contribution < -0.4 is 19.5 Å². The summed E-state index contributed by atoms with van der Waals surface area (Å²) < 4.78 is 18.8. The number of hydrogen-bond acceptors (Lipinski definition) is 5. The summed E-state index contributed by atoms with van der Waals surface area (Å²) in [6, 6.07) is 17.3. The molecular formula is C29H27N3O4S. The van der Waals surface area contributed by atoms with Crippen LogP contribution in [0.15, 0.2) is 60.8 Å². The van der Waals surface area contributed by atoms with E-state index in [0.29, 0.717) is 23.7 Å². The number of benzene rings is 2. The Bertz CT molecular complexity index is 1510. The molecule has 0 unspecified atom stereocenters. The normalized spacial score (nSPS) is 17.4. The molecule has 7 rings (SSSR count). The van der Waals surface area contributed by atoms with E-state index < -0.39 is 0 Å². The number of amides is 2. The van der Waals surface area contributed by atoms with Gasteiger partial charge in [0.1, 0.15) is 10.8 Å². The van der Waals surface area contributed by atoms with Gasteiger partial charge in [-0.25, -0.2) is 4.79 Å². The Morgan fingerprint density at radius 3 is 2.84 bits per heavy atom. The second kappa shape index (κ2) is 8.88. The number of carbonyl (C=O) groups is 1. The molecule has 1 aliphatic carbocycles. The highest BCUT2D eigenvalue weighted by molar-refractivity contribution is 7.15. The summed E-state index contributed by atoms with van der Waals surface area (Å²) in [7, 11) is 1.67. The molecule has 37 heavy (non-hydrogen) atoms. The topological polar surface area (TPSA) is 65.0 Å². The molecule has 2 aromatic carbocycles. The number of urea groups is 1. The number of carbonyl (C=O) groups excluding carboxylic acids is 1. The number of rotatable bonds is 3. The van der Waals surface area contributed by atoms with E-state index in [9.17, 15) is 4.79 Å². The smallest absolute Gasteiger partial charge is 0.322 e. The third-order valence-corrected chi connectivity index (χ3v) is 8.81. The van der Waals surface area contributed by atoms with E-state index >= 15 is 0 Å². The van der Waals surface area contributed by atoms with Crippen LogP contribution in [-0.2, 0) is 19.4 Å². The van der Waals surface area contributed by atoms with Gasteiger partial charge in [-0.1, -0.05) is 12.1 Å². The second-order valence-corrected chi connectivity index (χ2v) is 10.7. The molecule has 0 saturated heterocycles. The quantitative estimate of drug-likeness (QED) is 0.350. The number of nitrogens with one attached hydrogen (secondary N) is 1. The SMILES string of the molecule is COc1cccc([C@@H]2c3cccn3-c3sc4c(c3CN2C(=O)Nc2ccc3c(c2)OCO3)CCCC4)c1. The van der Waals surface area contributed by atoms with Crippen molar-refractivity contribution in [1.82, 2.24) is 9.47 Å². The highest BCUT2D eigenvalue weighted by atomic mass is 32.1. The van der Waals surface area contributed by atoms with E-state index in [1.165, 1.54) is 33.8 Å². The third-order valence-electron chi connectivity index (χ3n) is 7.47. The fourth-order valence-corrected chi connectivity index (χ4v) is 7.12. The van der Waals surface area contributed by atoms with Gasteiger partial charge < -0.3 is 29.0 Å². The standard InChI is InChI=1S/C29H27N3O4S/c1-34-20-7-4-6-18(14-20)27-23-9-5-13-31(23)28-22(21-8-2-3-10-26(21)37-28)16-32(27)29(33)30-19-11-12-24-25(15-19)36-17-35-24/h4-7,9,11-15,27H,2-3,8,10,16-17H2,1H3,(H,30,33)/t27-/m1/s1. The number of thiophene rings is 1. The van der Waals surface area contributed by atoms with Gasteiger partial charge in [0.15, 0.2) is 11.5 Å². The maximum atomic E-state index is 14.1. The van der Waals surface area contributed by atoms with Crippen molar-refractivity contribution in [2.75, 3.05) is 19.2 Å². The van der Waals surface area contributed by atoms with Crippen molar-refractivity contribution in [2.24, 2.45) is 0 Å². The number of aromatic nitrogens is 1. The summed E-state index contributed by atoms with van der Waals surface area (Å²) in [5.74, 6) is 2.10. The van der Waals surface area contributed by atoms with Crippen LogP contribution in [0.1, 0.15) is 46.1 Å². The van der Waals surface area contributed by atoms with Crippen LogP contribution in [0, 0.1) is 0 Å². The van der Waals surface area contributed by atoms with Crippen molar-refractivity contribution in [3.8, 4) is 22.2 Å². The van der Waals surface area contributed by atoms with Gasteiger partial charge in [0, 0.05) is 28.4 Å². The lowest BCUT2D eigenvalue weighted by Crippen LogP contribution is -2.38. The van der Waals surface area contributed by atoms with Gasteiger partial charge >= 0.3 is 6.03 Å².